The third-order valence-corrected chi connectivity index (χ3v) is 2.72. The van der Waals surface area contributed by atoms with Crippen molar-refractivity contribution in [1.29, 1.82) is 0 Å². The zero-order valence-electron chi connectivity index (χ0n) is 6.33. The number of halogens is 2. The van der Waals surface area contributed by atoms with Gasteiger partial charge in [-0.2, -0.15) is 0 Å². The standard InChI is InChI=1S/C7H4Cl2N2OS/c8-2-6-10-11-7(12-6)4-1-5(9)13-3-4/h1,3H,2H2. The molecule has 13 heavy (non-hydrogen) atoms. The molecule has 6 heteroatoms. The summed E-state index contributed by atoms with van der Waals surface area (Å²) in [6.07, 6.45) is 0. The van der Waals surface area contributed by atoms with Crippen molar-refractivity contribution in [3.05, 3.63) is 21.7 Å². The lowest BCUT2D eigenvalue weighted by Crippen LogP contribution is -1.74. The van der Waals surface area contributed by atoms with Gasteiger partial charge in [-0.25, -0.2) is 0 Å². The zero-order valence-corrected chi connectivity index (χ0v) is 8.66. The highest BCUT2D eigenvalue weighted by Gasteiger charge is 2.08. The van der Waals surface area contributed by atoms with Gasteiger partial charge in [0.25, 0.3) is 0 Å². The summed E-state index contributed by atoms with van der Waals surface area (Å²) in [5, 5.41) is 9.41. The van der Waals surface area contributed by atoms with Crippen LogP contribution in [0.25, 0.3) is 11.5 Å². The largest absolute Gasteiger partial charge is 0.419 e. The molecule has 0 aliphatic heterocycles. The van der Waals surface area contributed by atoms with Crippen molar-refractivity contribution in [2.45, 2.75) is 5.88 Å². The number of alkyl halides is 1. The topological polar surface area (TPSA) is 38.9 Å². The molecular weight excluding hydrogens is 231 g/mol. The molecule has 0 saturated heterocycles. The van der Waals surface area contributed by atoms with Gasteiger partial charge < -0.3 is 4.42 Å². The lowest BCUT2D eigenvalue weighted by Gasteiger charge is -1.84. The number of rotatable bonds is 2. The van der Waals surface area contributed by atoms with Crippen molar-refractivity contribution >= 4 is 34.5 Å². The Kier molecular flexibility index (Phi) is 2.53. The molecule has 0 bridgehead atoms. The first-order chi connectivity index (χ1) is 6.29. The summed E-state index contributed by atoms with van der Waals surface area (Å²) in [5.74, 6) is 1.10. The fourth-order valence-corrected chi connectivity index (χ4v) is 1.81. The van der Waals surface area contributed by atoms with Gasteiger partial charge in [0.05, 0.1) is 9.90 Å². The lowest BCUT2D eigenvalue weighted by atomic mass is 10.3. The van der Waals surface area contributed by atoms with E-state index in [1.807, 2.05) is 5.38 Å². The Labute approximate surface area is 88.3 Å². The van der Waals surface area contributed by atoms with Gasteiger partial charge >= 0.3 is 0 Å². The Hall–Kier alpha value is -0.580. The fraction of sp³-hybridized carbons (Fsp3) is 0.143. The predicted octanol–water partition coefficient (Wildman–Crippen LogP) is 3.19. The average Bonchev–Trinajstić information content (AvgIpc) is 2.71. The minimum atomic E-state index is 0.227. The van der Waals surface area contributed by atoms with Gasteiger partial charge in [0, 0.05) is 5.38 Å². The minimum absolute atomic E-state index is 0.227. The Morgan fingerprint density at radius 1 is 1.46 bits per heavy atom. The van der Waals surface area contributed by atoms with E-state index in [0.717, 1.165) is 5.56 Å². The average molecular weight is 235 g/mol. The lowest BCUT2D eigenvalue weighted by molar-refractivity contribution is 0.527. The maximum Gasteiger partial charge on any atom is 0.248 e. The normalized spacial score (nSPS) is 10.6. The van der Waals surface area contributed by atoms with Gasteiger partial charge in [-0.1, -0.05) is 11.6 Å². The maximum absolute atomic E-state index is 5.75. The van der Waals surface area contributed by atoms with E-state index in [9.17, 15) is 0 Å². The van der Waals surface area contributed by atoms with E-state index in [2.05, 4.69) is 10.2 Å². The summed E-state index contributed by atoms with van der Waals surface area (Å²) >= 11 is 12.7. The van der Waals surface area contributed by atoms with Crippen LogP contribution in [0.15, 0.2) is 15.9 Å². The summed E-state index contributed by atoms with van der Waals surface area (Å²) in [6, 6.07) is 1.78. The van der Waals surface area contributed by atoms with Crippen molar-refractivity contribution < 1.29 is 4.42 Å². The second-order valence-electron chi connectivity index (χ2n) is 2.27. The van der Waals surface area contributed by atoms with Crippen molar-refractivity contribution in [1.82, 2.24) is 10.2 Å². The van der Waals surface area contributed by atoms with Crippen molar-refractivity contribution in [2.24, 2.45) is 0 Å². The molecule has 0 N–H and O–H groups in total. The van der Waals surface area contributed by atoms with Crippen LogP contribution in [0.4, 0.5) is 0 Å². The van der Waals surface area contributed by atoms with Crippen molar-refractivity contribution in [2.75, 3.05) is 0 Å². The number of hydrogen-bond donors (Lipinski definition) is 0. The highest BCUT2D eigenvalue weighted by atomic mass is 35.5. The SMILES string of the molecule is ClCc1nnc(-c2csc(Cl)c2)o1. The van der Waals surface area contributed by atoms with Crippen molar-refractivity contribution in [3.63, 3.8) is 0 Å². The molecule has 0 atom stereocenters. The van der Waals surface area contributed by atoms with Crippen LogP contribution in [0.2, 0.25) is 4.34 Å². The number of aromatic nitrogens is 2. The fourth-order valence-electron chi connectivity index (χ4n) is 0.846. The maximum atomic E-state index is 5.75. The predicted molar refractivity (Wildman–Crippen MR) is 52.2 cm³/mol. The van der Waals surface area contributed by atoms with E-state index in [4.69, 9.17) is 27.6 Å². The molecule has 68 valence electrons. The summed E-state index contributed by atoms with van der Waals surface area (Å²) in [4.78, 5) is 0. The molecule has 0 radical (unpaired) electrons. The second-order valence-corrected chi connectivity index (χ2v) is 4.08. The molecular formula is C7H4Cl2N2OS. The highest BCUT2D eigenvalue weighted by molar-refractivity contribution is 7.14. The van der Waals surface area contributed by atoms with Gasteiger partial charge in [-0.15, -0.1) is 33.1 Å². The molecule has 2 aromatic heterocycles. The molecule has 0 saturated carbocycles. The molecule has 0 spiro atoms. The third-order valence-electron chi connectivity index (χ3n) is 1.40. The first-order valence-corrected chi connectivity index (χ1v) is 5.21. The van der Waals surface area contributed by atoms with Gasteiger partial charge in [0.1, 0.15) is 5.88 Å². The molecule has 0 aromatic carbocycles. The van der Waals surface area contributed by atoms with Crippen LogP contribution in [0, 0.1) is 0 Å². The zero-order chi connectivity index (χ0) is 9.26. The van der Waals surface area contributed by atoms with E-state index < -0.39 is 0 Å². The Morgan fingerprint density at radius 2 is 2.31 bits per heavy atom. The molecule has 2 aromatic rings. The Balaban J connectivity index is 2.35. The van der Waals surface area contributed by atoms with Crippen molar-refractivity contribution in [3.8, 4) is 11.5 Å². The van der Waals surface area contributed by atoms with E-state index in [0.29, 0.717) is 16.1 Å². The number of hydrogen-bond acceptors (Lipinski definition) is 4. The second kappa shape index (κ2) is 3.65. The molecule has 0 aliphatic rings. The van der Waals surface area contributed by atoms with Gasteiger partial charge in [0.15, 0.2) is 0 Å². The first kappa shape index (κ1) is 8.99. The van der Waals surface area contributed by atoms with E-state index >= 15 is 0 Å². The van der Waals surface area contributed by atoms with Crippen LogP contribution >= 0.6 is 34.5 Å². The quantitative estimate of drug-likeness (QED) is 0.750. The van der Waals surface area contributed by atoms with Crippen LogP contribution in [-0.4, -0.2) is 10.2 Å². The van der Waals surface area contributed by atoms with Gasteiger partial charge in [-0.05, 0) is 6.07 Å². The molecule has 2 heterocycles. The van der Waals surface area contributed by atoms with Gasteiger partial charge in [-0.3, -0.25) is 0 Å². The van der Waals surface area contributed by atoms with E-state index in [-0.39, 0.29) is 5.88 Å². The van der Waals surface area contributed by atoms with Crippen LogP contribution in [0.5, 0.6) is 0 Å². The summed E-state index contributed by atoms with van der Waals surface area (Å²) in [5.41, 5.74) is 0.832. The van der Waals surface area contributed by atoms with Crippen LogP contribution < -0.4 is 0 Å². The number of thiophene rings is 1. The molecule has 2 rings (SSSR count). The molecule has 0 aliphatic carbocycles. The minimum Gasteiger partial charge on any atom is -0.419 e. The summed E-state index contributed by atoms with van der Waals surface area (Å²) in [7, 11) is 0. The van der Waals surface area contributed by atoms with E-state index in [1.54, 1.807) is 6.07 Å². The molecule has 0 fully saturated rings. The van der Waals surface area contributed by atoms with Gasteiger partial charge in [0.2, 0.25) is 11.8 Å². The van der Waals surface area contributed by atoms with Crippen LogP contribution in [0.3, 0.4) is 0 Å². The summed E-state index contributed by atoms with van der Waals surface area (Å²) in [6.45, 7) is 0. The molecule has 0 amide bonds. The molecule has 0 unspecified atom stereocenters. The summed E-state index contributed by atoms with van der Waals surface area (Å²) < 4.78 is 5.92. The third kappa shape index (κ3) is 1.85. The van der Waals surface area contributed by atoms with Crippen LogP contribution in [0.1, 0.15) is 5.89 Å². The van der Waals surface area contributed by atoms with E-state index in [1.165, 1.54) is 11.3 Å². The first-order valence-electron chi connectivity index (χ1n) is 3.42. The Morgan fingerprint density at radius 3 is 2.85 bits per heavy atom. The smallest absolute Gasteiger partial charge is 0.248 e. The number of nitrogens with zero attached hydrogens (tertiary/aromatic N) is 2. The Bertz CT molecular complexity index is 412. The monoisotopic (exact) mass is 234 g/mol. The highest BCUT2D eigenvalue weighted by Crippen LogP contribution is 2.27. The van der Waals surface area contributed by atoms with Crippen LogP contribution in [-0.2, 0) is 5.88 Å². The molecule has 3 nitrogen and oxygen atoms in total.